The highest BCUT2D eigenvalue weighted by Crippen LogP contribution is 2.38. The van der Waals surface area contributed by atoms with Crippen LogP contribution in [0.4, 0.5) is 0 Å². The summed E-state index contributed by atoms with van der Waals surface area (Å²) in [5.41, 5.74) is 3.76. The molecule has 1 N–H and O–H groups in total. The second-order valence-corrected chi connectivity index (χ2v) is 6.58. The van der Waals surface area contributed by atoms with Gasteiger partial charge in [-0.25, -0.2) is 0 Å². The monoisotopic (exact) mass is 274 g/mol. The van der Waals surface area contributed by atoms with Crippen LogP contribution in [0.1, 0.15) is 44.7 Å². The number of fused-ring (bicyclic) bond motifs is 1. The van der Waals surface area contributed by atoms with Crippen LogP contribution in [0.2, 0.25) is 0 Å². The number of aromatic nitrogens is 2. The second-order valence-electron chi connectivity index (χ2n) is 6.19. The Morgan fingerprint density at radius 3 is 2.74 bits per heavy atom. The summed E-state index contributed by atoms with van der Waals surface area (Å²) in [5, 5.41) is 0. The molecule has 1 heterocycles. The van der Waals surface area contributed by atoms with Crippen LogP contribution in [0.25, 0.3) is 11.0 Å². The van der Waals surface area contributed by atoms with Crippen molar-refractivity contribution in [1.29, 1.82) is 0 Å². The lowest BCUT2D eigenvalue weighted by Gasteiger charge is -2.33. The van der Waals surface area contributed by atoms with Gasteiger partial charge in [-0.15, -0.1) is 0 Å². The quantitative estimate of drug-likeness (QED) is 0.725. The van der Waals surface area contributed by atoms with Gasteiger partial charge >= 0.3 is 0 Å². The molecule has 1 aliphatic rings. The van der Waals surface area contributed by atoms with E-state index >= 15 is 0 Å². The van der Waals surface area contributed by atoms with Crippen LogP contribution < -0.4 is 0 Å². The van der Waals surface area contributed by atoms with E-state index in [9.17, 15) is 0 Å². The van der Waals surface area contributed by atoms with Crippen molar-refractivity contribution in [3.05, 3.63) is 28.5 Å². The molecule has 1 aromatic carbocycles. The smallest absolute Gasteiger partial charge is 0.178 e. The Hall–Kier alpha value is -1.09. The number of nitrogens with zero attached hydrogens (tertiary/aromatic N) is 1. The zero-order valence-corrected chi connectivity index (χ0v) is 12.8. The zero-order chi connectivity index (χ0) is 13.6. The molecular formula is C16H22N2S. The fourth-order valence-electron chi connectivity index (χ4n) is 3.41. The summed E-state index contributed by atoms with van der Waals surface area (Å²) in [4.78, 5) is 3.40. The van der Waals surface area contributed by atoms with E-state index in [0.717, 1.165) is 16.6 Å². The van der Waals surface area contributed by atoms with Crippen molar-refractivity contribution in [3.63, 3.8) is 0 Å². The minimum Gasteiger partial charge on any atom is -0.330 e. The van der Waals surface area contributed by atoms with Crippen molar-refractivity contribution >= 4 is 23.3 Å². The fourth-order valence-corrected chi connectivity index (χ4v) is 3.76. The first-order valence-electron chi connectivity index (χ1n) is 7.27. The van der Waals surface area contributed by atoms with E-state index in [-0.39, 0.29) is 0 Å². The Balaban J connectivity index is 2.08. The Bertz CT molecular complexity index is 652. The van der Waals surface area contributed by atoms with E-state index in [0.29, 0.717) is 6.04 Å². The van der Waals surface area contributed by atoms with Gasteiger partial charge in [0.1, 0.15) is 0 Å². The number of benzene rings is 1. The highest BCUT2D eigenvalue weighted by atomic mass is 32.1. The summed E-state index contributed by atoms with van der Waals surface area (Å²) in [6.07, 6.45) is 3.81. The molecule has 19 heavy (non-hydrogen) atoms. The predicted molar refractivity (Wildman–Crippen MR) is 83.1 cm³/mol. The van der Waals surface area contributed by atoms with E-state index in [1.54, 1.807) is 0 Å². The van der Waals surface area contributed by atoms with E-state index in [2.05, 4.69) is 48.5 Å². The number of aromatic amines is 1. The Morgan fingerprint density at radius 1 is 1.21 bits per heavy atom. The summed E-state index contributed by atoms with van der Waals surface area (Å²) < 4.78 is 3.25. The van der Waals surface area contributed by atoms with Gasteiger partial charge in [0.05, 0.1) is 11.0 Å². The highest BCUT2D eigenvalue weighted by molar-refractivity contribution is 7.71. The van der Waals surface area contributed by atoms with E-state index < -0.39 is 0 Å². The minimum atomic E-state index is 0.564. The Labute approximate surface area is 119 Å². The molecule has 3 rings (SSSR count). The van der Waals surface area contributed by atoms with Crippen LogP contribution in [0.5, 0.6) is 0 Å². The SMILES string of the molecule is Cc1cccc2c1[nH]c(=S)n2C1CCC(C)C(C)C1. The second kappa shape index (κ2) is 4.78. The number of rotatable bonds is 1. The van der Waals surface area contributed by atoms with Gasteiger partial charge in [0.2, 0.25) is 0 Å². The van der Waals surface area contributed by atoms with Gasteiger partial charge in [0, 0.05) is 6.04 Å². The summed E-state index contributed by atoms with van der Waals surface area (Å²) in [6.45, 7) is 6.89. The molecule has 1 aliphatic carbocycles. The lowest BCUT2D eigenvalue weighted by molar-refractivity contribution is 0.212. The molecule has 0 radical (unpaired) electrons. The lowest BCUT2D eigenvalue weighted by Crippen LogP contribution is -2.23. The molecule has 3 heteroatoms. The molecule has 102 valence electrons. The summed E-state index contributed by atoms with van der Waals surface area (Å²) in [7, 11) is 0. The molecule has 1 fully saturated rings. The van der Waals surface area contributed by atoms with Crippen molar-refractivity contribution < 1.29 is 0 Å². The lowest BCUT2D eigenvalue weighted by atomic mass is 9.79. The van der Waals surface area contributed by atoms with Crippen molar-refractivity contribution in [3.8, 4) is 0 Å². The molecule has 2 nitrogen and oxygen atoms in total. The number of para-hydroxylation sites is 1. The maximum atomic E-state index is 5.57. The molecule has 3 atom stereocenters. The van der Waals surface area contributed by atoms with Crippen molar-refractivity contribution in [2.75, 3.05) is 0 Å². The van der Waals surface area contributed by atoms with Gasteiger partial charge in [-0.2, -0.15) is 0 Å². The summed E-state index contributed by atoms with van der Waals surface area (Å²) in [6, 6.07) is 7.03. The van der Waals surface area contributed by atoms with Crippen LogP contribution >= 0.6 is 12.2 Å². The molecule has 1 saturated carbocycles. The molecule has 0 aliphatic heterocycles. The standard InChI is InChI=1S/C16H22N2S/c1-10-7-8-13(9-12(10)3)18-14-6-4-5-11(2)15(14)17-16(18)19/h4-6,10,12-13H,7-9H2,1-3H3,(H,17,19). The summed E-state index contributed by atoms with van der Waals surface area (Å²) in [5.74, 6) is 1.63. The van der Waals surface area contributed by atoms with Gasteiger partial charge in [-0.3, -0.25) is 0 Å². The minimum absolute atomic E-state index is 0.564. The predicted octanol–water partition coefficient (Wildman–Crippen LogP) is 5.00. The Kier molecular flexibility index (Phi) is 3.25. The van der Waals surface area contributed by atoms with Crippen molar-refractivity contribution in [1.82, 2.24) is 9.55 Å². The fraction of sp³-hybridized carbons (Fsp3) is 0.562. The topological polar surface area (TPSA) is 20.7 Å². The number of H-pyrrole nitrogens is 1. The zero-order valence-electron chi connectivity index (χ0n) is 11.9. The number of hydrogen-bond donors (Lipinski definition) is 1. The van der Waals surface area contributed by atoms with Gasteiger partial charge in [0.25, 0.3) is 0 Å². The average Bonchev–Trinajstić information content (AvgIpc) is 2.71. The Morgan fingerprint density at radius 2 is 2.00 bits per heavy atom. The van der Waals surface area contributed by atoms with Crippen LogP contribution in [0, 0.1) is 23.5 Å². The van der Waals surface area contributed by atoms with Crippen LogP contribution in [0.15, 0.2) is 18.2 Å². The normalized spacial score (nSPS) is 27.8. The van der Waals surface area contributed by atoms with E-state index in [4.69, 9.17) is 12.2 Å². The molecular weight excluding hydrogens is 252 g/mol. The first-order valence-corrected chi connectivity index (χ1v) is 7.68. The largest absolute Gasteiger partial charge is 0.330 e. The van der Waals surface area contributed by atoms with Crippen molar-refractivity contribution in [2.24, 2.45) is 11.8 Å². The van der Waals surface area contributed by atoms with Crippen LogP contribution in [0.3, 0.4) is 0 Å². The van der Waals surface area contributed by atoms with Gasteiger partial charge < -0.3 is 9.55 Å². The molecule has 3 unspecified atom stereocenters. The third-order valence-corrected chi connectivity index (χ3v) is 5.20. The average molecular weight is 274 g/mol. The maximum Gasteiger partial charge on any atom is 0.178 e. The van der Waals surface area contributed by atoms with Gasteiger partial charge in [0.15, 0.2) is 4.77 Å². The maximum absolute atomic E-state index is 5.57. The van der Waals surface area contributed by atoms with E-state index in [1.165, 1.54) is 35.9 Å². The van der Waals surface area contributed by atoms with E-state index in [1.807, 2.05) is 0 Å². The van der Waals surface area contributed by atoms with Gasteiger partial charge in [-0.1, -0.05) is 26.0 Å². The molecule has 2 aromatic rings. The number of imidazole rings is 1. The van der Waals surface area contributed by atoms with Crippen molar-refractivity contribution in [2.45, 2.75) is 46.1 Å². The molecule has 0 bridgehead atoms. The summed E-state index contributed by atoms with van der Waals surface area (Å²) >= 11 is 5.57. The number of hydrogen-bond acceptors (Lipinski definition) is 1. The number of aryl methyl sites for hydroxylation is 1. The van der Waals surface area contributed by atoms with Crippen LogP contribution in [-0.4, -0.2) is 9.55 Å². The van der Waals surface area contributed by atoms with Gasteiger partial charge in [-0.05, 0) is 61.9 Å². The molecule has 0 amide bonds. The third-order valence-electron chi connectivity index (χ3n) is 4.90. The highest BCUT2D eigenvalue weighted by Gasteiger charge is 2.27. The van der Waals surface area contributed by atoms with Crippen LogP contribution in [-0.2, 0) is 0 Å². The third kappa shape index (κ3) is 2.14. The molecule has 0 saturated heterocycles. The first-order chi connectivity index (χ1) is 9.08. The first kappa shape index (κ1) is 12.9. The molecule has 0 spiro atoms. The number of nitrogens with one attached hydrogen (secondary N) is 1. The molecule has 1 aromatic heterocycles.